The number of rotatable bonds is 6. The molecule has 6 nitrogen and oxygen atoms in total. The van der Waals surface area contributed by atoms with Gasteiger partial charge in [-0.2, -0.15) is 0 Å². The molecule has 1 heterocycles. The molecule has 0 aliphatic carbocycles. The number of hydrogen-bond donors (Lipinski definition) is 1. The van der Waals surface area contributed by atoms with Gasteiger partial charge in [0.2, 0.25) is 0 Å². The molecule has 0 radical (unpaired) electrons. The van der Waals surface area contributed by atoms with Crippen LogP contribution in [0.1, 0.15) is 16.1 Å². The molecule has 0 saturated heterocycles. The molecule has 3 rings (SSSR count). The van der Waals surface area contributed by atoms with Gasteiger partial charge in [-0.1, -0.05) is 36.4 Å². The Bertz CT molecular complexity index is 866. The number of aromatic nitrogens is 2. The summed E-state index contributed by atoms with van der Waals surface area (Å²) in [6, 6.07) is 20.8. The number of carbonyl (C=O) groups excluding carboxylic acids is 1. The molecule has 3 aromatic rings. The molecule has 6 heteroatoms. The van der Waals surface area contributed by atoms with E-state index in [9.17, 15) is 4.79 Å². The van der Waals surface area contributed by atoms with Crippen molar-refractivity contribution in [3.05, 3.63) is 78.0 Å². The largest absolute Gasteiger partial charge is 0.496 e. The van der Waals surface area contributed by atoms with Crippen LogP contribution in [0.5, 0.6) is 5.75 Å². The van der Waals surface area contributed by atoms with Gasteiger partial charge in [0.05, 0.1) is 7.11 Å². The summed E-state index contributed by atoms with van der Waals surface area (Å²) in [6.07, 6.45) is 0. The molecular formula is C20H20N4O2. The van der Waals surface area contributed by atoms with Gasteiger partial charge in [0, 0.05) is 24.8 Å². The minimum atomic E-state index is -0.280. The molecule has 2 aromatic carbocycles. The lowest BCUT2D eigenvalue weighted by Gasteiger charge is -2.17. The Hall–Kier alpha value is -3.41. The highest BCUT2D eigenvalue weighted by molar-refractivity contribution is 5.92. The van der Waals surface area contributed by atoms with Crippen molar-refractivity contribution in [2.45, 2.75) is 6.54 Å². The number of nitrogens with zero attached hydrogens (tertiary/aromatic N) is 3. The van der Waals surface area contributed by atoms with Gasteiger partial charge in [0.15, 0.2) is 11.5 Å². The number of benzene rings is 2. The van der Waals surface area contributed by atoms with Crippen molar-refractivity contribution in [2.24, 2.45) is 0 Å². The van der Waals surface area contributed by atoms with E-state index in [1.165, 1.54) is 0 Å². The lowest BCUT2D eigenvalue weighted by molar-refractivity contribution is 0.0944. The molecule has 0 unspecified atom stereocenters. The van der Waals surface area contributed by atoms with E-state index in [0.29, 0.717) is 12.4 Å². The van der Waals surface area contributed by atoms with Crippen molar-refractivity contribution in [2.75, 3.05) is 19.1 Å². The smallest absolute Gasteiger partial charge is 0.272 e. The Labute approximate surface area is 152 Å². The fourth-order valence-corrected chi connectivity index (χ4v) is 2.52. The summed E-state index contributed by atoms with van der Waals surface area (Å²) in [4.78, 5) is 14.2. The topological polar surface area (TPSA) is 67.3 Å². The Morgan fingerprint density at radius 3 is 2.42 bits per heavy atom. The zero-order valence-electron chi connectivity index (χ0n) is 14.7. The molecular weight excluding hydrogens is 328 g/mol. The Morgan fingerprint density at radius 2 is 1.73 bits per heavy atom. The van der Waals surface area contributed by atoms with Crippen LogP contribution in [0.2, 0.25) is 0 Å². The van der Waals surface area contributed by atoms with Gasteiger partial charge in [-0.25, -0.2) is 0 Å². The van der Waals surface area contributed by atoms with Gasteiger partial charge in [-0.05, 0) is 30.3 Å². The quantitative estimate of drug-likeness (QED) is 0.741. The second-order valence-corrected chi connectivity index (χ2v) is 5.67. The fourth-order valence-electron chi connectivity index (χ4n) is 2.52. The highest BCUT2D eigenvalue weighted by Gasteiger charge is 2.11. The molecule has 0 spiro atoms. The summed E-state index contributed by atoms with van der Waals surface area (Å²) in [5.74, 6) is 1.12. The number of carbonyl (C=O) groups is 1. The van der Waals surface area contributed by atoms with Crippen molar-refractivity contribution in [3.8, 4) is 5.75 Å². The van der Waals surface area contributed by atoms with Crippen LogP contribution in [0.15, 0.2) is 66.7 Å². The molecule has 0 saturated carbocycles. The summed E-state index contributed by atoms with van der Waals surface area (Å²) in [6.45, 7) is 0.357. The minimum Gasteiger partial charge on any atom is -0.496 e. The van der Waals surface area contributed by atoms with Crippen LogP contribution in [-0.4, -0.2) is 30.3 Å². The SMILES string of the molecule is COc1ccccc1CNC(=O)c1ccc(N(C)c2ccccc2)nn1. The molecule has 1 N–H and O–H groups in total. The lowest BCUT2D eigenvalue weighted by Crippen LogP contribution is -2.24. The first-order valence-corrected chi connectivity index (χ1v) is 8.21. The van der Waals surface area contributed by atoms with Gasteiger partial charge in [0.1, 0.15) is 5.75 Å². The molecule has 1 aromatic heterocycles. The second-order valence-electron chi connectivity index (χ2n) is 5.67. The number of anilines is 2. The van der Waals surface area contributed by atoms with Crippen molar-refractivity contribution in [1.29, 1.82) is 0 Å². The van der Waals surface area contributed by atoms with Crippen LogP contribution >= 0.6 is 0 Å². The van der Waals surface area contributed by atoms with Crippen molar-refractivity contribution >= 4 is 17.4 Å². The normalized spacial score (nSPS) is 10.2. The first-order chi connectivity index (χ1) is 12.7. The number of nitrogens with one attached hydrogen (secondary N) is 1. The summed E-state index contributed by atoms with van der Waals surface area (Å²) in [7, 11) is 3.51. The van der Waals surface area contributed by atoms with Gasteiger partial charge in [-0.3, -0.25) is 4.79 Å². The first-order valence-electron chi connectivity index (χ1n) is 8.21. The van der Waals surface area contributed by atoms with E-state index in [0.717, 1.165) is 17.0 Å². The highest BCUT2D eigenvalue weighted by atomic mass is 16.5. The predicted octanol–water partition coefficient (Wildman–Crippen LogP) is 3.18. The van der Waals surface area contributed by atoms with Crippen molar-refractivity contribution < 1.29 is 9.53 Å². The number of hydrogen-bond acceptors (Lipinski definition) is 5. The standard InChI is InChI=1S/C20H20N4O2/c1-24(16-9-4-3-5-10-16)19-13-12-17(22-23-19)20(25)21-14-15-8-6-7-11-18(15)26-2/h3-13H,14H2,1-2H3,(H,21,25). The van der Waals surface area contributed by atoms with E-state index >= 15 is 0 Å². The molecule has 0 bridgehead atoms. The maximum absolute atomic E-state index is 12.3. The molecule has 26 heavy (non-hydrogen) atoms. The maximum atomic E-state index is 12.3. The Balaban J connectivity index is 1.65. The van der Waals surface area contributed by atoms with E-state index in [1.54, 1.807) is 19.2 Å². The van der Waals surface area contributed by atoms with Crippen LogP contribution < -0.4 is 15.0 Å². The van der Waals surface area contributed by atoms with E-state index in [4.69, 9.17) is 4.74 Å². The average Bonchev–Trinajstić information content (AvgIpc) is 2.72. The van der Waals surface area contributed by atoms with Crippen molar-refractivity contribution in [1.82, 2.24) is 15.5 Å². The molecule has 132 valence electrons. The van der Waals surface area contributed by atoms with Crippen LogP contribution in [-0.2, 0) is 6.54 Å². The van der Waals surface area contributed by atoms with Gasteiger partial charge >= 0.3 is 0 Å². The zero-order chi connectivity index (χ0) is 18.4. The average molecular weight is 348 g/mol. The van der Waals surface area contributed by atoms with E-state index < -0.39 is 0 Å². The Kier molecular flexibility index (Phi) is 5.43. The first kappa shape index (κ1) is 17.4. The second kappa shape index (κ2) is 8.11. The third-order valence-electron chi connectivity index (χ3n) is 4.00. The number of methoxy groups -OCH3 is 1. The lowest BCUT2D eigenvalue weighted by atomic mass is 10.2. The third kappa shape index (κ3) is 3.97. The highest BCUT2D eigenvalue weighted by Crippen LogP contribution is 2.20. The van der Waals surface area contributed by atoms with Crippen LogP contribution in [0.4, 0.5) is 11.5 Å². The molecule has 0 aliphatic heterocycles. The number of amides is 1. The van der Waals surface area contributed by atoms with E-state index in [2.05, 4.69) is 15.5 Å². The number of ether oxygens (including phenoxy) is 1. The third-order valence-corrected chi connectivity index (χ3v) is 4.00. The van der Waals surface area contributed by atoms with Gasteiger partial charge in [-0.15, -0.1) is 10.2 Å². The molecule has 0 aliphatic rings. The van der Waals surface area contributed by atoms with Gasteiger partial charge < -0.3 is 15.0 Å². The number of para-hydroxylation sites is 2. The van der Waals surface area contributed by atoms with E-state index in [-0.39, 0.29) is 11.6 Å². The van der Waals surface area contributed by atoms with Crippen LogP contribution in [0.25, 0.3) is 0 Å². The fraction of sp³-hybridized carbons (Fsp3) is 0.150. The predicted molar refractivity (Wildman–Crippen MR) is 101 cm³/mol. The summed E-state index contributed by atoms with van der Waals surface area (Å²) in [5, 5.41) is 11.0. The summed E-state index contributed by atoms with van der Waals surface area (Å²) >= 11 is 0. The van der Waals surface area contributed by atoms with Gasteiger partial charge in [0.25, 0.3) is 5.91 Å². The van der Waals surface area contributed by atoms with E-state index in [1.807, 2.05) is 66.5 Å². The maximum Gasteiger partial charge on any atom is 0.272 e. The van der Waals surface area contributed by atoms with Crippen molar-refractivity contribution in [3.63, 3.8) is 0 Å². The molecule has 1 amide bonds. The monoisotopic (exact) mass is 348 g/mol. The zero-order valence-corrected chi connectivity index (χ0v) is 14.7. The Morgan fingerprint density at radius 1 is 1.00 bits per heavy atom. The summed E-state index contributed by atoms with van der Waals surface area (Å²) in [5.41, 5.74) is 2.16. The minimum absolute atomic E-state index is 0.269. The molecule has 0 fully saturated rings. The summed E-state index contributed by atoms with van der Waals surface area (Å²) < 4.78 is 5.28. The van der Waals surface area contributed by atoms with Crippen LogP contribution in [0, 0.1) is 0 Å². The van der Waals surface area contributed by atoms with Crippen LogP contribution in [0.3, 0.4) is 0 Å². The molecule has 0 atom stereocenters.